The van der Waals surface area contributed by atoms with Gasteiger partial charge in [0.05, 0.1) is 44.2 Å². The second kappa shape index (κ2) is 31.4. The van der Waals surface area contributed by atoms with Crippen LogP contribution in [0.2, 0.25) is 0 Å². The molecule has 0 spiro atoms. The maximum absolute atomic E-state index is 14.0. The smallest absolute Gasteiger partial charge is 0.251 e. The summed E-state index contributed by atoms with van der Waals surface area (Å²) in [6, 6.07) is 4.59. The topological polar surface area (TPSA) is 249 Å². The molecule has 0 radical (unpaired) electrons. The van der Waals surface area contributed by atoms with Crippen molar-refractivity contribution < 1.29 is 57.3 Å². The predicted molar refractivity (Wildman–Crippen MR) is 339 cm³/mol. The van der Waals surface area contributed by atoms with Crippen molar-refractivity contribution in [1.29, 1.82) is 0 Å². The average Bonchev–Trinajstić information content (AvgIpc) is 3.83. The molecule has 1 aromatic carbocycles. The Balaban J connectivity index is 2.12. The Hall–Kier alpha value is -5.14. The minimum Gasteiger partial charge on any atom is -0.492 e. The van der Waals surface area contributed by atoms with Gasteiger partial charge in [-0.25, -0.2) is 0 Å². The largest absolute Gasteiger partial charge is 0.492 e. The molecule has 0 bridgehead atoms. The number of rotatable bonds is 37. The van der Waals surface area contributed by atoms with Crippen LogP contribution in [-0.2, 0) is 43.0 Å². The third-order valence-electron chi connectivity index (χ3n) is 15.3. The molecule has 1 aliphatic rings. The molecule has 1 unspecified atom stereocenters. The number of benzene rings is 1. The van der Waals surface area contributed by atoms with Gasteiger partial charge in [0.1, 0.15) is 12.4 Å². The minimum absolute atomic E-state index is 0.00466. The Labute approximate surface area is 517 Å². The first kappa shape index (κ1) is 77.0. The van der Waals surface area contributed by atoms with Crippen LogP contribution in [0.5, 0.6) is 5.75 Å². The summed E-state index contributed by atoms with van der Waals surface area (Å²) in [6.07, 6.45) is 3.71. The Morgan fingerprint density at radius 1 is 0.500 bits per heavy atom. The third kappa shape index (κ3) is 30.2. The van der Waals surface area contributed by atoms with E-state index in [-0.39, 0.29) is 128 Å². The number of likely N-dealkylation sites (tertiary alicyclic amines) is 1. The summed E-state index contributed by atoms with van der Waals surface area (Å²) < 4.78 is 24.9. The Morgan fingerprint density at radius 3 is 1.34 bits per heavy atom. The van der Waals surface area contributed by atoms with Gasteiger partial charge in [-0.1, -0.05) is 132 Å². The van der Waals surface area contributed by atoms with Gasteiger partial charge in [-0.05, 0) is 87.8 Å². The van der Waals surface area contributed by atoms with Gasteiger partial charge in [0.25, 0.3) is 11.8 Å². The van der Waals surface area contributed by atoms with Crippen molar-refractivity contribution in [1.82, 2.24) is 36.8 Å². The van der Waals surface area contributed by atoms with Gasteiger partial charge in [-0.3, -0.25) is 43.3 Å². The molecular formula is C67H117N7O12. The molecule has 2 rings (SSSR count). The number of nitrogens with zero attached hydrogens (tertiary/aromatic N) is 1. The lowest BCUT2D eigenvalue weighted by Gasteiger charge is -2.34. The van der Waals surface area contributed by atoms with Crippen LogP contribution in [0.25, 0.3) is 0 Å². The molecule has 19 heteroatoms. The fraction of sp³-hybridized carbons (Fsp3) is 0.791. The first-order valence-corrected chi connectivity index (χ1v) is 31.1. The Morgan fingerprint density at radius 2 is 0.919 bits per heavy atom. The summed E-state index contributed by atoms with van der Waals surface area (Å²) in [5, 5.41) is 18.0. The van der Waals surface area contributed by atoms with Crippen LogP contribution in [0, 0.1) is 49.2 Å². The van der Waals surface area contributed by atoms with E-state index >= 15 is 0 Å². The van der Waals surface area contributed by atoms with E-state index in [2.05, 4.69) is 73.4 Å². The summed E-state index contributed by atoms with van der Waals surface area (Å²) in [5.41, 5.74) is -3.94. The number of hydrogen-bond acceptors (Lipinski definition) is 12. The first-order chi connectivity index (χ1) is 38.9. The van der Waals surface area contributed by atoms with Crippen LogP contribution in [-0.4, -0.2) is 142 Å². The van der Waals surface area contributed by atoms with E-state index in [1.165, 1.54) is 6.07 Å². The standard InChI is InChI=1S/C67H117N7O12/c1-46-32-52(77)74(55(46)80)30-24-50(75)69-37-61(10,11)43-83-42-60(8,9)36-51(76)68-29-31-84-49-34-47(53(78)70-40-66(20,21)85-44-62(12,13)38-72-56(81)64(16,17)27-25-58(2,3)4)33-48(35-49)54(79)71-41-67(22,23)86-45-63(14,15)39-73-57(82)65(18,19)28-26-59(5,6)7/h33-35,46H,24-32,36-45H2,1-23H3,(H,68,76)(H,69,75)(H,70,78)(H,71,79)(H,72,81)(H,73,82). The summed E-state index contributed by atoms with van der Waals surface area (Å²) >= 11 is 0. The SMILES string of the molecule is CC1CC(=O)N(CCC(=O)NCC(C)(C)COCC(C)(C)CC(=O)NCCOc2cc(C(=O)NCC(C)(C)OCC(C)(C)CNC(=O)C(C)(C)CCC(C)(C)C)cc(C(=O)NCC(C)(C)OCC(C)(C)CNC(=O)C(C)(C)CCC(C)(C)C)c2)C1=O. The van der Waals surface area contributed by atoms with Crippen molar-refractivity contribution >= 4 is 47.3 Å². The molecule has 0 aromatic heterocycles. The van der Waals surface area contributed by atoms with Crippen molar-refractivity contribution in [3.05, 3.63) is 29.3 Å². The van der Waals surface area contributed by atoms with Gasteiger partial charge in [-0.2, -0.15) is 0 Å². The number of amides is 8. The number of carbonyl (C=O) groups excluding carboxylic acids is 8. The Kier molecular flexibility index (Phi) is 28.1. The van der Waals surface area contributed by atoms with Gasteiger partial charge in [0.2, 0.25) is 35.4 Å². The average molecular weight is 1210 g/mol. The zero-order valence-electron chi connectivity index (χ0n) is 57.6. The second-order valence-corrected chi connectivity index (χ2v) is 32.5. The molecular weight excluding hydrogens is 1090 g/mol. The van der Waals surface area contributed by atoms with Crippen LogP contribution < -0.4 is 36.6 Å². The normalized spacial score (nSPS) is 15.1. The minimum atomic E-state index is -0.817. The second-order valence-electron chi connectivity index (χ2n) is 32.5. The van der Waals surface area contributed by atoms with Crippen molar-refractivity contribution in [2.45, 2.75) is 215 Å². The van der Waals surface area contributed by atoms with Crippen molar-refractivity contribution in [3.63, 3.8) is 0 Å². The van der Waals surface area contributed by atoms with Crippen LogP contribution >= 0.6 is 0 Å². The molecule has 492 valence electrons. The van der Waals surface area contributed by atoms with Crippen LogP contribution in [0.4, 0.5) is 0 Å². The molecule has 0 aliphatic carbocycles. The number of hydrogen-bond donors (Lipinski definition) is 6. The number of ether oxygens (including phenoxy) is 4. The van der Waals surface area contributed by atoms with Gasteiger partial charge in [-0.15, -0.1) is 0 Å². The van der Waals surface area contributed by atoms with Crippen molar-refractivity contribution in [3.8, 4) is 5.75 Å². The molecule has 0 saturated carbocycles. The van der Waals surface area contributed by atoms with E-state index in [4.69, 9.17) is 18.9 Å². The molecule has 1 heterocycles. The summed E-state index contributed by atoms with van der Waals surface area (Å²) in [6.45, 7) is 48.6. The lowest BCUT2D eigenvalue weighted by molar-refractivity contribution is -0.140. The molecule has 1 saturated heterocycles. The van der Waals surface area contributed by atoms with Gasteiger partial charge in [0, 0.05) is 103 Å². The first-order valence-electron chi connectivity index (χ1n) is 31.1. The van der Waals surface area contributed by atoms with E-state index in [9.17, 15) is 38.4 Å². The van der Waals surface area contributed by atoms with E-state index in [1.54, 1.807) is 19.1 Å². The third-order valence-corrected chi connectivity index (χ3v) is 15.3. The van der Waals surface area contributed by atoms with Crippen LogP contribution in [0.1, 0.15) is 225 Å². The van der Waals surface area contributed by atoms with Crippen molar-refractivity contribution in [2.24, 2.45) is 49.2 Å². The zero-order chi connectivity index (χ0) is 66.1. The van der Waals surface area contributed by atoms with Crippen LogP contribution in [0.15, 0.2) is 18.2 Å². The lowest BCUT2D eigenvalue weighted by atomic mass is 9.79. The fourth-order valence-electron chi connectivity index (χ4n) is 8.73. The maximum Gasteiger partial charge on any atom is 0.251 e. The lowest BCUT2D eigenvalue weighted by Crippen LogP contribution is -2.46. The quantitative estimate of drug-likeness (QED) is 0.0269. The molecule has 8 amide bonds. The fourth-order valence-corrected chi connectivity index (χ4v) is 8.73. The van der Waals surface area contributed by atoms with E-state index < -0.39 is 55.5 Å². The van der Waals surface area contributed by atoms with Gasteiger partial charge >= 0.3 is 0 Å². The van der Waals surface area contributed by atoms with Gasteiger partial charge < -0.3 is 50.8 Å². The number of imide groups is 1. The highest BCUT2D eigenvalue weighted by Gasteiger charge is 2.37. The molecule has 1 aromatic rings. The maximum atomic E-state index is 14.0. The highest BCUT2D eigenvalue weighted by Crippen LogP contribution is 2.33. The van der Waals surface area contributed by atoms with E-state index in [1.807, 2.05) is 111 Å². The summed E-state index contributed by atoms with van der Waals surface area (Å²) in [4.78, 5) is 106. The van der Waals surface area contributed by atoms with Crippen molar-refractivity contribution in [2.75, 3.05) is 78.8 Å². The molecule has 1 atom stereocenters. The monoisotopic (exact) mass is 1210 g/mol. The highest BCUT2D eigenvalue weighted by molar-refractivity contribution is 6.03. The predicted octanol–water partition coefficient (Wildman–Crippen LogP) is 9.58. The molecule has 19 nitrogen and oxygen atoms in total. The van der Waals surface area contributed by atoms with Gasteiger partial charge in [0.15, 0.2) is 0 Å². The molecule has 86 heavy (non-hydrogen) atoms. The molecule has 6 N–H and O–H groups in total. The zero-order valence-corrected chi connectivity index (χ0v) is 57.6. The number of nitrogens with one attached hydrogen (secondary N) is 6. The molecule has 1 fully saturated rings. The number of carbonyl (C=O) groups is 8. The van der Waals surface area contributed by atoms with Crippen LogP contribution in [0.3, 0.4) is 0 Å². The van der Waals surface area contributed by atoms with E-state index in [0.29, 0.717) is 39.5 Å². The highest BCUT2D eigenvalue weighted by atomic mass is 16.5. The van der Waals surface area contributed by atoms with E-state index in [0.717, 1.165) is 30.6 Å². The molecule has 1 aliphatic heterocycles. The Bertz CT molecular complexity index is 2350. The summed E-state index contributed by atoms with van der Waals surface area (Å²) in [7, 11) is 0. The summed E-state index contributed by atoms with van der Waals surface area (Å²) in [5.74, 6) is -2.07.